The molecule has 0 amide bonds. The van der Waals surface area contributed by atoms with E-state index >= 15 is 0 Å². The van der Waals surface area contributed by atoms with Gasteiger partial charge in [0.05, 0.1) is 73.4 Å². The molecule has 758 valence electrons. The van der Waals surface area contributed by atoms with Crippen molar-refractivity contribution in [2.75, 3.05) is 44.7 Å². The standard InChI is InChI=1S/C24H43N3O.C23H42N4O.2C22H41N3O.C21H33N3O/c1-23(2,3)20(28)19-17(15-11-8-7-9-12-15)18-16-13-10-14-25-21(16)26-22(18)27(19)24(4,5)6;1-22(2,3)20(28)19-16(14-10-8-7-9-11-14)17-18-15(12-24-13-25-18)26-21(17)27(19)23(4,5)6;1-20(2,3)16-15-13-10-11-23-12-14(13)24-19(15)25(22(7,8)9)17(16)18(26)21(4,5)6;1-20(2,3)15-14-13-11-10-12-23-18(13)24-19(14)25(22(7,8)9)16(15)17(26)21(4,5)6;1-12(2)15-16-13-11-22-10-9-14(13)23-19(16)24(21(6,7)8)17(15)18(25)20(3,4)5/h15-19,21-22,25-26H,7-14H2,1-6H3;14-19,21,24-26H,7-13H2,1-6H3;13-17,19,23-24H,10-12H2,1-9H3;13-16,18-19,23-24H,10-12H2,1-9H3;9-12,15-17,19,23H,1-8H3. The van der Waals surface area contributed by atoms with Gasteiger partial charge in [0.1, 0.15) is 0 Å². The van der Waals surface area contributed by atoms with E-state index in [4.69, 9.17) is 0 Å². The summed E-state index contributed by atoms with van der Waals surface area (Å²) in [5.74, 6) is 10.4. The smallest absolute Gasteiger partial charge is 0.155 e. The quantitative estimate of drug-likeness (QED) is 0.117. The van der Waals surface area contributed by atoms with Crippen LogP contribution in [-0.4, -0.2) is 217 Å². The van der Waals surface area contributed by atoms with Crippen molar-refractivity contribution in [1.82, 2.24) is 77.3 Å². The summed E-state index contributed by atoms with van der Waals surface area (Å²) in [6.45, 7) is 90.4. The number of aromatic nitrogens is 1. The zero-order valence-corrected chi connectivity index (χ0v) is 91.7. The molecule has 0 spiro atoms. The number of pyridine rings is 1. The van der Waals surface area contributed by atoms with E-state index in [0.717, 1.165) is 39.4 Å². The fourth-order valence-electron chi connectivity index (χ4n) is 30.5. The summed E-state index contributed by atoms with van der Waals surface area (Å²) in [6.07, 6.45) is 25.8. The Morgan fingerprint density at radius 1 is 0.353 bits per heavy atom. The zero-order chi connectivity index (χ0) is 98.6. The van der Waals surface area contributed by atoms with Crippen LogP contribution in [0.25, 0.3) is 0 Å². The number of carbonyl (C=O) groups is 5. The number of likely N-dealkylation sites (tertiary alicyclic amines) is 5. The second-order valence-electron chi connectivity index (χ2n) is 57.8. The first-order valence-electron chi connectivity index (χ1n) is 54.1. The van der Waals surface area contributed by atoms with E-state index in [9.17, 15) is 24.0 Å². The van der Waals surface area contributed by atoms with Gasteiger partial charge in [0, 0.05) is 128 Å². The lowest BCUT2D eigenvalue weighted by molar-refractivity contribution is -0.137. The molecule has 21 heteroatoms. The Hall–Kier alpha value is -3.26. The van der Waals surface area contributed by atoms with Gasteiger partial charge in [0.2, 0.25) is 0 Å². The molecule has 15 fully saturated rings. The molecule has 10 N–H and O–H groups in total. The van der Waals surface area contributed by atoms with Gasteiger partial charge < -0.3 is 26.6 Å². The monoisotopic (exact) mass is 1850 g/mol. The summed E-state index contributed by atoms with van der Waals surface area (Å²) in [7, 11) is 0. The lowest BCUT2D eigenvalue weighted by Crippen LogP contribution is -2.62. The van der Waals surface area contributed by atoms with E-state index in [0.29, 0.717) is 167 Å². The van der Waals surface area contributed by atoms with Gasteiger partial charge in [-0.3, -0.25) is 80.0 Å². The maximum absolute atomic E-state index is 13.9. The lowest BCUT2D eigenvalue weighted by Gasteiger charge is -2.46. The number of rotatable bonds is 8. The van der Waals surface area contributed by atoms with Crippen molar-refractivity contribution in [1.29, 1.82) is 0 Å². The average molecular weight is 1850 g/mol. The van der Waals surface area contributed by atoms with Gasteiger partial charge in [0.25, 0.3) is 0 Å². The molecule has 1 aromatic heterocycles. The highest BCUT2D eigenvalue weighted by Gasteiger charge is 2.71. The summed E-state index contributed by atoms with van der Waals surface area (Å²) < 4.78 is 0. The van der Waals surface area contributed by atoms with Crippen molar-refractivity contribution in [2.24, 2.45) is 127 Å². The summed E-state index contributed by atoms with van der Waals surface area (Å²) >= 11 is 0. The van der Waals surface area contributed by atoms with E-state index < -0.39 is 0 Å². The maximum Gasteiger partial charge on any atom is 0.155 e. The number of nitrogens with one attached hydrogen (secondary N) is 10. The molecule has 28 unspecified atom stereocenters. The van der Waals surface area contributed by atoms with Gasteiger partial charge in [-0.25, -0.2) is 0 Å². The molecule has 0 aromatic carbocycles. The predicted molar refractivity (Wildman–Crippen MR) is 547 cm³/mol. The molecule has 133 heavy (non-hydrogen) atoms. The summed E-state index contributed by atoms with van der Waals surface area (Å²) in [4.78, 5) is 85.7. The van der Waals surface area contributed by atoms with Crippen LogP contribution in [0.3, 0.4) is 0 Å². The Morgan fingerprint density at radius 2 is 0.714 bits per heavy atom. The highest BCUT2D eigenvalue weighted by atomic mass is 16.2. The number of fused-ring (bicyclic) bond motifs is 15. The molecule has 0 radical (unpaired) electrons. The van der Waals surface area contributed by atoms with E-state index in [-0.39, 0.29) is 114 Å². The Labute approximate surface area is 811 Å². The summed E-state index contributed by atoms with van der Waals surface area (Å²) in [6, 6.07) is 3.54. The van der Waals surface area contributed by atoms with Crippen LogP contribution in [0.2, 0.25) is 0 Å². The molecule has 28 atom stereocenters. The molecule has 1 aromatic rings. The Bertz CT molecular complexity index is 3960. The van der Waals surface area contributed by atoms with Gasteiger partial charge >= 0.3 is 0 Å². The summed E-state index contributed by atoms with van der Waals surface area (Å²) in [5.41, 5.74) is 0.837. The molecule has 21 nitrogen and oxygen atoms in total. The van der Waals surface area contributed by atoms with Crippen LogP contribution in [0.1, 0.15) is 371 Å². The highest BCUT2D eigenvalue weighted by molar-refractivity contribution is 5.92. The molecule has 16 aliphatic rings. The summed E-state index contributed by atoms with van der Waals surface area (Å²) in [5, 5.41) is 37.8. The fourth-order valence-corrected chi connectivity index (χ4v) is 30.5. The minimum atomic E-state index is -0.349. The van der Waals surface area contributed by atoms with E-state index in [2.05, 4.69) is 331 Å². The van der Waals surface area contributed by atoms with E-state index in [1.807, 2.05) is 33.2 Å². The highest BCUT2D eigenvalue weighted by Crippen LogP contribution is 2.62. The van der Waals surface area contributed by atoms with Gasteiger partial charge in [0.15, 0.2) is 28.9 Å². The third-order valence-corrected chi connectivity index (χ3v) is 35.5. The molecule has 2 saturated carbocycles. The minimum absolute atomic E-state index is 0.00617. The number of hydrogen-bond acceptors (Lipinski definition) is 21. The van der Waals surface area contributed by atoms with Crippen molar-refractivity contribution >= 4 is 34.6 Å². The van der Waals surface area contributed by atoms with Crippen LogP contribution in [0, 0.1) is 127 Å². The normalized spacial score (nSPS) is 37.8. The zero-order valence-electron chi connectivity index (χ0n) is 91.7. The van der Waals surface area contributed by atoms with Crippen molar-refractivity contribution in [2.45, 2.75) is 485 Å². The maximum atomic E-state index is 13.9. The molecular formula is C112H200N16O5. The number of ketones is 5. The van der Waals surface area contributed by atoms with Gasteiger partial charge in [-0.2, -0.15) is 0 Å². The van der Waals surface area contributed by atoms with Crippen LogP contribution in [0.4, 0.5) is 5.69 Å². The number of piperidine rings is 3. The van der Waals surface area contributed by atoms with Crippen LogP contribution in [-0.2, 0) is 24.0 Å². The Balaban J connectivity index is 0.000000141. The molecule has 0 bridgehead atoms. The number of carbonyl (C=O) groups excluding carboxylic acids is 5. The van der Waals surface area contributed by atoms with E-state index in [1.54, 1.807) is 0 Å². The molecule has 15 heterocycles. The third-order valence-electron chi connectivity index (χ3n) is 35.5. The van der Waals surface area contributed by atoms with Gasteiger partial charge in [-0.15, -0.1) is 0 Å². The van der Waals surface area contributed by atoms with E-state index in [1.165, 1.54) is 108 Å². The largest absolute Gasteiger partial charge is 0.369 e. The van der Waals surface area contributed by atoms with Crippen LogP contribution in [0.15, 0.2) is 18.5 Å². The minimum Gasteiger partial charge on any atom is -0.369 e. The first-order valence-corrected chi connectivity index (χ1v) is 54.1. The van der Waals surface area contributed by atoms with Gasteiger partial charge in [-0.1, -0.05) is 223 Å². The Kier molecular flexibility index (Phi) is 31.2. The second-order valence-corrected chi connectivity index (χ2v) is 57.8. The SMILES string of the molecule is CC(C)(C)C(=O)C1C(C(C)(C)C)C2C3CCCNC3NC2N1C(C)(C)C.CC(C)(C)C(=O)C1C(C(C)(C)C)C2C3CCNCC3NC2N1C(C)(C)C.CC(C)(C)C(=O)C1C(C2CCCCC2)C2C3CCCNC3NC2N1C(C)(C)C.CC(C)(C)C(=O)C1C(C2CCCCC2)C2C3NCNCC3NC2N1C(C)(C)C.CC(C)C1C2c3cnccc3NC2N(C(C)(C)C)C1C(=O)C(C)(C)C. The lowest BCUT2D eigenvalue weighted by atomic mass is 9.64. The number of Topliss-reactive ketones (excluding diaryl/α,β-unsaturated/α-hetero) is 5. The van der Waals surface area contributed by atoms with Crippen LogP contribution < -0.4 is 53.2 Å². The number of nitrogens with zero attached hydrogens (tertiary/aromatic N) is 6. The fraction of sp³-hybridized carbons (Fsp3) is 0.911. The topological polar surface area (TPSA) is 235 Å². The third kappa shape index (κ3) is 21.3. The van der Waals surface area contributed by atoms with Crippen molar-refractivity contribution in [3.05, 3.63) is 24.0 Å². The molecular weight excluding hydrogens is 1650 g/mol. The molecule has 2 aliphatic carbocycles. The predicted octanol–water partition coefficient (Wildman–Crippen LogP) is 18.0. The van der Waals surface area contributed by atoms with Crippen LogP contribution >= 0.6 is 0 Å². The van der Waals surface area contributed by atoms with Crippen molar-refractivity contribution in [3.8, 4) is 0 Å². The first kappa shape index (κ1) is 107. The average Bonchev–Trinajstić information content (AvgIpc) is 1.65. The number of hydrogen-bond donors (Lipinski definition) is 10. The van der Waals surface area contributed by atoms with Gasteiger partial charge in [-0.05, 0) is 255 Å². The second kappa shape index (κ2) is 38.8. The Morgan fingerprint density at radius 3 is 1.14 bits per heavy atom. The molecule has 13 saturated heterocycles. The van der Waals surface area contributed by atoms with Crippen molar-refractivity contribution in [3.63, 3.8) is 0 Å². The number of anilines is 1. The van der Waals surface area contributed by atoms with Crippen molar-refractivity contribution < 1.29 is 24.0 Å². The van der Waals surface area contributed by atoms with Crippen LogP contribution in [0.5, 0.6) is 0 Å². The first-order chi connectivity index (χ1) is 61.1. The molecule has 14 aliphatic heterocycles. The molecule has 17 rings (SSSR count).